The minimum Gasteiger partial charge on any atom is -0.271 e. The number of benzene rings is 1. The molecule has 0 atom stereocenters. The van der Waals surface area contributed by atoms with Gasteiger partial charge in [0.15, 0.2) is 0 Å². The summed E-state index contributed by atoms with van der Waals surface area (Å²) in [7, 11) is -3.73. The highest BCUT2D eigenvalue weighted by Crippen LogP contribution is 2.30. The number of hydrogen-bond acceptors (Lipinski definition) is 7. The molecule has 3 rings (SSSR count). The van der Waals surface area contributed by atoms with Gasteiger partial charge in [-0.1, -0.05) is 11.6 Å². The molecule has 1 aromatic carbocycles. The van der Waals surface area contributed by atoms with E-state index >= 15 is 0 Å². The Balaban J connectivity index is 1.89. The summed E-state index contributed by atoms with van der Waals surface area (Å²) in [6.07, 6.45) is 1.59. The minimum atomic E-state index is -3.73. The lowest BCUT2D eigenvalue weighted by molar-refractivity contribution is -0.384. The molecule has 0 aliphatic carbocycles. The molecular weight excluding hydrogens is 412 g/mol. The second kappa shape index (κ2) is 7.93. The molecule has 1 fully saturated rings. The summed E-state index contributed by atoms with van der Waals surface area (Å²) < 4.78 is 27.2. The lowest BCUT2D eigenvalue weighted by atomic mass is 10.3. The van der Waals surface area contributed by atoms with Crippen LogP contribution in [0.3, 0.4) is 0 Å². The molecule has 1 N–H and O–H groups in total. The SMILES string of the molecule is C/C(=N/Nc1ccc(S(=O)(=O)N2CCCC2)cc1[N+](=O)[O-])c1ccc(Cl)s1. The molecule has 144 valence electrons. The second-order valence-electron chi connectivity index (χ2n) is 5.96. The fraction of sp³-hybridized carbons (Fsp3) is 0.312. The van der Waals surface area contributed by atoms with E-state index in [1.165, 1.54) is 27.8 Å². The zero-order valence-corrected chi connectivity index (χ0v) is 16.8. The third kappa shape index (κ3) is 4.29. The van der Waals surface area contributed by atoms with Crippen molar-refractivity contribution in [2.24, 2.45) is 5.10 Å². The monoisotopic (exact) mass is 428 g/mol. The smallest absolute Gasteiger partial charge is 0.271 e. The average Bonchev–Trinajstić information content (AvgIpc) is 3.31. The second-order valence-corrected chi connectivity index (χ2v) is 9.61. The van der Waals surface area contributed by atoms with Gasteiger partial charge in [-0.3, -0.25) is 15.5 Å². The molecule has 0 spiro atoms. The minimum absolute atomic E-state index is 0.0904. The molecule has 1 aliphatic heterocycles. The van der Waals surface area contributed by atoms with Gasteiger partial charge in [0, 0.05) is 19.2 Å². The molecule has 0 amide bonds. The summed E-state index contributed by atoms with van der Waals surface area (Å²) in [6.45, 7) is 2.61. The van der Waals surface area contributed by atoms with E-state index in [-0.39, 0.29) is 16.3 Å². The summed E-state index contributed by atoms with van der Waals surface area (Å²) >= 11 is 7.23. The number of nitro groups is 1. The lowest BCUT2D eigenvalue weighted by Gasteiger charge is -2.15. The average molecular weight is 429 g/mol. The van der Waals surface area contributed by atoms with Gasteiger partial charge >= 0.3 is 0 Å². The van der Waals surface area contributed by atoms with Crippen molar-refractivity contribution in [1.29, 1.82) is 0 Å². The van der Waals surface area contributed by atoms with E-state index < -0.39 is 14.9 Å². The Hall–Kier alpha value is -2.01. The Morgan fingerprint density at radius 2 is 2.00 bits per heavy atom. The van der Waals surface area contributed by atoms with Crippen LogP contribution in [0.4, 0.5) is 11.4 Å². The van der Waals surface area contributed by atoms with Crippen molar-refractivity contribution in [1.82, 2.24) is 4.31 Å². The van der Waals surface area contributed by atoms with Gasteiger partial charge in [-0.15, -0.1) is 11.3 Å². The molecule has 1 aromatic heterocycles. The first-order valence-electron chi connectivity index (χ1n) is 8.13. The standard InChI is InChI=1S/C16H17ClN4O4S2/c1-11(15-6-7-16(17)26-15)18-19-13-5-4-12(10-14(13)21(22)23)27(24,25)20-8-2-3-9-20/h4-7,10,19H,2-3,8-9H2,1H3/b18-11-. The number of rotatable bonds is 6. The number of nitrogens with zero attached hydrogens (tertiary/aromatic N) is 3. The zero-order valence-electron chi connectivity index (χ0n) is 14.4. The molecule has 8 nitrogen and oxygen atoms in total. The van der Waals surface area contributed by atoms with Gasteiger partial charge in [-0.05, 0) is 44.0 Å². The van der Waals surface area contributed by atoms with Gasteiger partial charge in [-0.2, -0.15) is 9.41 Å². The number of sulfonamides is 1. The van der Waals surface area contributed by atoms with Crippen molar-refractivity contribution < 1.29 is 13.3 Å². The van der Waals surface area contributed by atoms with E-state index in [4.69, 9.17) is 11.6 Å². The van der Waals surface area contributed by atoms with Crippen molar-refractivity contribution >= 4 is 50.0 Å². The van der Waals surface area contributed by atoms with Crippen LogP contribution in [0.15, 0.2) is 40.3 Å². The van der Waals surface area contributed by atoms with Crippen LogP contribution in [0.2, 0.25) is 4.34 Å². The fourth-order valence-corrected chi connectivity index (χ4v) is 5.23. The summed E-state index contributed by atoms with van der Waals surface area (Å²) in [4.78, 5) is 11.5. The van der Waals surface area contributed by atoms with Crippen LogP contribution >= 0.6 is 22.9 Å². The number of nitro benzene ring substituents is 1. The van der Waals surface area contributed by atoms with E-state index in [9.17, 15) is 18.5 Å². The quantitative estimate of drug-likeness (QED) is 0.426. The number of thiophene rings is 1. The third-order valence-electron chi connectivity index (χ3n) is 4.14. The molecule has 1 saturated heterocycles. The first kappa shape index (κ1) is 19.7. The molecule has 11 heteroatoms. The molecular formula is C16H17ClN4O4S2. The maximum Gasteiger partial charge on any atom is 0.295 e. The summed E-state index contributed by atoms with van der Waals surface area (Å²) in [5, 5.41) is 15.6. The maximum absolute atomic E-state index is 12.6. The highest BCUT2D eigenvalue weighted by Gasteiger charge is 2.29. The summed E-state index contributed by atoms with van der Waals surface area (Å²) in [5.41, 5.74) is 3.02. The largest absolute Gasteiger partial charge is 0.295 e. The van der Waals surface area contributed by atoms with Crippen LogP contribution in [0, 0.1) is 10.1 Å². The predicted octanol–water partition coefficient (Wildman–Crippen LogP) is 3.93. The molecule has 27 heavy (non-hydrogen) atoms. The summed E-state index contributed by atoms with van der Waals surface area (Å²) in [5.74, 6) is 0. The number of hydrazone groups is 1. The van der Waals surface area contributed by atoms with Crippen LogP contribution in [0.25, 0.3) is 0 Å². The van der Waals surface area contributed by atoms with Gasteiger partial charge in [0.2, 0.25) is 10.0 Å². The van der Waals surface area contributed by atoms with Gasteiger partial charge in [0.25, 0.3) is 5.69 Å². The lowest BCUT2D eigenvalue weighted by Crippen LogP contribution is -2.27. The van der Waals surface area contributed by atoms with Gasteiger partial charge in [0.1, 0.15) is 5.69 Å². The predicted molar refractivity (Wildman–Crippen MR) is 106 cm³/mol. The highest BCUT2D eigenvalue weighted by molar-refractivity contribution is 7.89. The Labute approximate surface area is 165 Å². The molecule has 2 heterocycles. The molecule has 0 saturated carbocycles. The third-order valence-corrected chi connectivity index (χ3v) is 7.38. The molecule has 0 unspecified atom stereocenters. The van der Waals surface area contributed by atoms with Crippen LogP contribution in [-0.2, 0) is 10.0 Å². The van der Waals surface area contributed by atoms with Gasteiger partial charge < -0.3 is 0 Å². The van der Waals surface area contributed by atoms with Gasteiger partial charge in [0.05, 0.1) is 24.7 Å². The molecule has 2 aromatic rings. The topological polar surface area (TPSA) is 105 Å². The highest BCUT2D eigenvalue weighted by atomic mass is 35.5. The first-order valence-corrected chi connectivity index (χ1v) is 10.8. The Bertz CT molecular complexity index is 998. The Morgan fingerprint density at radius 3 is 2.59 bits per heavy atom. The zero-order chi connectivity index (χ0) is 19.6. The van der Waals surface area contributed by atoms with Crippen molar-refractivity contribution in [2.45, 2.75) is 24.7 Å². The van der Waals surface area contributed by atoms with Crippen molar-refractivity contribution in [3.05, 3.63) is 49.7 Å². The number of nitrogens with one attached hydrogen (secondary N) is 1. The van der Waals surface area contributed by atoms with Crippen molar-refractivity contribution in [3.8, 4) is 0 Å². The normalized spacial score (nSPS) is 15.9. The van der Waals surface area contributed by atoms with Crippen molar-refractivity contribution in [3.63, 3.8) is 0 Å². The van der Waals surface area contributed by atoms with Crippen LogP contribution in [0.1, 0.15) is 24.6 Å². The number of anilines is 1. The Morgan fingerprint density at radius 1 is 1.30 bits per heavy atom. The van der Waals surface area contributed by atoms with Crippen LogP contribution in [-0.4, -0.2) is 36.4 Å². The Kier molecular flexibility index (Phi) is 5.80. The van der Waals surface area contributed by atoms with Crippen LogP contribution < -0.4 is 5.43 Å². The fourth-order valence-electron chi connectivity index (χ4n) is 2.70. The molecule has 0 bridgehead atoms. The van der Waals surface area contributed by atoms with E-state index in [1.54, 1.807) is 19.1 Å². The van der Waals surface area contributed by atoms with Gasteiger partial charge in [-0.25, -0.2) is 8.42 Å². The summed E-state index contributed by atoms with van der Waals surface area (Å²) in [6, 6.07) is 7.33. The van der Waals surface area contributed by atoms with E-state index in [0.717, 1.165) is 23.8 Å². The van der Waals surface area contributed by atoms with Crippen molar-refractivity contribution in [2.75, 3.05) is 18.5 Å². The first-order chi connectivity index (χ1) is 12.8. The van der Waals surface area contributed by atoms with E-state index in [1.807, 2.05) is 0 Å². The molecule has 0 radical (unpaired) electrons. The van der Waals surface area contributed by atoms with Crippen LogP contribution in [0.5, 0.6) is 0 Å². The van der Waals surface area contributed by atoms with E-state index in [2.05, 4.69) is 10.5 Å². The molecule has 1 aliphatic rings. The number of halogens is 1. The maximum atomic E-state index is 12.6. The van der Waals surface area contributed by atoms with E-state index in [0.29, 0.717) is 23.1 Å². The number of hydrogen-bond donors (Lipinski definition) is 1.